The first-order valence-corrected chi connectivity index (χ1v) is 7.65. The first-order chi connectivity index (χ1) is 12.7. The lowest BCUT2D eigenvalue weighted by Gasteiger charge is -2.20. The predicted molar refractivity (Wildman–Crippen MR) is 90.6 cm³/mol. The van der Waals surface area contributed by atoms with Crippen molar-refractivity contribution in [3.05, 3.63) is 70.5 Å². The molecule has 0 unspecified atom stereocenters. The van der Waals surface area contributed by atoms with E-state index in [4.69, 9.17) is 16.2 Å². The maximum Gasteiger partial charge on any atom is 0.416 e. The summed E-state index contributed by atoms with van der Waals surface area (Å²) in [6.07, 6.45) is -3.18. The van der Waals surface area contributed by atoms with Crippen molar-refractivity contribution in [2.75, 3.05) is 6.61 Å². The molecule has 5 nitrogen and oxygen atoms in total. The third-order valence-electron chi connectivity index (χ3n) is 3.86. The van der Waals surface area contributed by atoms with Crippen LogP contribution < -0.4 is 16.2 Å². The molecule has 140 valence electrons. The van der Waals surface area contributed by atoms with Crippen molar-refractivity contribution in [3.63, 3.8) is 0 Å². The quantitative estimate of drug-likeness (QED) is 0.477. The van der Waals surface area contributed by atoms with Crippen LogP contribution in [0.15, 0.2) is 47.5 Å². The van der Waals surface area contributed by atoms with E-state index < -0.39 is 29.4 Å². The topological polar surface area (TPSA) is 90.7 Å². The van der Waals surface area contributed by atoms with Gasteiger partial charge in [0.05, 0.1) is 5.56 Å². The fraction of sp³-hybridized carbons (Fsp3) is 0.111. The highest BCUT2D eigenvalue weighted by molar-refractivity contribution is 6.03. The number of halogens is 4. The number of nitrogens with two attached hydrogens (primary N) is 2. The summed E-state index contributed by atoms with van der Waals surface area (Å²) in [5, 5.41) is 0. The average molecular weight is 379 g/mol. The number of benzene rings is 2. The maximum atomic E-state index is 14.3. The molecule has 0 bridgehead atoms. The zero-order valence-corrected chi connectivity index (χ0v) is 13.7. The second-order valence-corrected chi connectivity index (χ2v) is 5.67. The minimum Gasteiger partial charge on any atom is -0.489 e. The zero-order chi connectivity index (χ0) is 19.8. The van der Waals surface area contributed by atoms with Gasteiger partial charge in [-0.15, -0.1) is 0 Å². The number of rotatable bonds is 2. The largest absolute Gasteiger partial charge is 0.489 e. The summed E-state index contributed by atoms with van der Waals surface area (Å²) in [4.78, 5) is 15.4. The van der Waals surface area contributed by atoms with Gasteiger partial charge in [-0.2, -0.15) is 18.2 Å². The van der Waals surface area contributed by atoms with Crippen molar-refractivity contribution in [2.45, 2.75) is 6.18 Å². The molecular weight excluding hydrogens is 366 g/mol. The van der Waals surface area contributed by atoms with Crippen LogP contribution in [0, 0.1) is 5.82 Å². The molecule has 9 heteroatoms. The smallest absolute Gasteiger partial charge is 0.416 e. The van der Waals surface area contributed by atoms with Crippen LogP contribution in [0.25, 0.3) is 5.57 Å². The maximum absolute atomic E-state index is 14.3. The van der Waals surface area contributed by atoms with Crippen LogP contribution in [-0.2, 0) is 6.18 Å². The summed E-state index contributed by atoms with van der Waals surface area (Å²) in [5.41, 5.74) is 9.64. The van der Waals surface area contributed by atoms with Crippen molar-refractivity contribution in [1.29, 1.82) is 0 Å². The normalized spacial score (nSPS) is 13.3. The summed E-state index contributed by atoms with van der Waals surface area (Å²) < 4.78 is 58.7. The number of carbonyl (C=O) groups is 1. The molecule has 0 saturated heterocycles. The second kappa shape index (κ2) is 6.75. The van der Waals surface area contributed by atoms with Crippen LogP contribution in [0.2, 0.25) is 0 Å². The molecule has 0 spiro atoms. The third-order valence-corrected chi connectivity index (χ3v) is 3.86. The summed E-state index contributed by atoms with van der Waals surface area (Å²) in [6.45, 7) is 0.0409. The Hall–Kier alpha value is -3.36. The molecule has 0 atom stereocenters. The molecule has 1 aliphatic heterocycles. The first-order valence-electron chi connectivity index (χ1n) is 7.65. The van der Waals surface area contributed by atoms with Crippen molar-refractivity contribution in [1.82, 2.24) is 0 Å². The van der Waals surface area contributed by atoms with Crippen molar-refractivity contribution in [3.8, 4) is 5.75 Å². The summed E-state index contributed by atoms with van der Waals surface area (Å²) in [7, 11) is 0. The van der Waals surface area contributed by atoms with E-state index in [0.29, 0.717) is 11.8 Å². The van der Waals surface area contributed by atoms with Gasteiger partial charge in [-0.1, -0.05) is 0 Å². The third kappa shape index (κ3) is 3.76. The number of ether oxygens (including phenoxy) is 1. The van der Waals surface area contributed by atoms with Crippen LogP contribution in [0.1, 0.15) is 27.0 Å². The molecular formula is C18H13F4N3O2. The molecule has 1 heterocycles. The Morgan fingerprint density at radius 3 is 2.48 bits per heavy atom. The number of fused-ring (bicyclic) bond motifs is 1. The van der Waals surface area contributed by atoms with E-state index in [1.165, 1.54) is 24.3 Å². The van der Waals surface area contributed by atoms with Gasteiger partial charge >= 0.3 is 6.18 Å². The van der Waals surface area contributed by atoms with Gasteiger partial charge in [0.1, 0.15) is 18.2 Å². The molecule has 27 heavy (non-hydrogen) atoms. The van der Waals surface area contributed by atoms with Crippen LogP contribution in [-0.4, -0.2) is 18.5 Å². The summed E-state index contributed by atoms with van der Waals surface area (Å²) >= 11 is 0. The molecule has 0 aliphatic carbocycles. The number of amides is 1. The molecule has 2 aromatic carbocycles. The minimum absolute atomic E-state index is 0.0409. The molecule has 0 saturated carbocycles. The lowest BCUT2D eigenvalue weighted by molar-refractivity contribution is -0.137. The number of nitrogens with zero attached hydrogens (tertiary/aromatic N) is 1. The van der Waals surface area contributed by atoms with Crippen LogP contribution in [0.5, 0.6) is 5.75 Å². The Morgan fingerprint density at radius 2 is 1.81 bits per heavy atom. The molecule has 0 radical (unpaired) electrons. The van der Waals surface area contributed by atoms with E-state index in [2.05, 4.69) is 4.99 Å². The zero-order valence-electron chi connectivity index (χ0n) is 13.7. The fourth-order valence-electron chi connectivity index (χ4n) is 2.67. The van der Waals surface area contributed by atoms with Crippen molar-refractivity contribution in [2.24, 2.45) is 16.5 Å². The number of carbonyl (C=O) groups excluding carboxylic acids is 1. The standard InChI is InChI=1S/C18H13F4N3O2/c19-14-3-2-10(18(20,21)22)8-12(14)11-5-6-27-15-4-1-9(7-13(11)15)16(26)25-17(23)24/h1-5,7-8H,6H2,(H4,23,24,25,26). The monoisotopic (exact) mass is 379 g/mol. The van der Waals surface area contributed by atoms with Crippen molar-refractivity contribution >= 4 is 17.4 Å². The van der Waals surface area contributed by atoms with Gasteiger partial charge in [-0.05, 0) is 48.0 Å². The Kier molecular flexibility index (Phi) is 4.61. The number of guanidine groups is 1. The van der Waals surface area contributed by atoms with Gasteiger partial charge in [0.15, 0.2) is 5.96 Å². The Bertz CT molecular complexity index is 977. The Morgan fingerprint density at radius 1 is 1.07 bits per heavy atom. The molecule has 0 aromatic heterocycles. The van der Waals surface area contributed by atoms with Gasteiger partial charge < -0.3 is 16.2 Å². The van der Waals surface area contributed by atoms with E-state index in [1.807, 2.05) is 0 Å². The lowest BCUT2D eigenvalue weighted by Crippen LogP contribution is -2.24. The highest BCUT2D eigenvalue weighted by Gasteiger charge is 2.32. The predicted octanol–water partition coefficient (Wildman–Crippen LogP) is 3.08. The first kappa shape index (κ1) is 18.4. The lowest BCUT2D eigenvalue weighted by atomic mass is 9.92. The Balaban J connectivity index is 2.12. The average Bonchev–Trinajstić information content (AvgIpc) is 2.59. The van der Waals surface area contributed by atoms with Gasteiger partial charge in [-0.3, -0.25) is 4.79 Å². The highest BCUT2D eigenvalue weighted by Crippen LogP contribution is 2.38. The highest BCUT2D eigenvalue weighted by atomic mass is 19.4. The van der Waals surface area contributed by atoms with E-state index >= 15 is 0 Å². The number of alkyl halides is 3. The van der Waals surface area contributed by atoms with E-state index in [-0.39, 0.29) is 28.9 Å². The van der Waals surface area contributed by atoms with Gasteiger partial charge in [0, 0.05) is 16.7 Å². The number of hydrogen-bond donors (Lipinski definition) is 2. The summed E-state index contributed by atoms with van der Waals surface area (Å²) in [5.74, 6) is -1.71. The van der Waals surface area contributed by atoms with Gasteiger partial charge in [0.25, 0.3) is 5.91 Å². The molecule has 1 amide bonds. The number of hydrogen-bond acceptors (Lipinski definition) is 2. The molecule has 2 aromatic rings. The van der Waals surface area contributed by atoms with Gasteiger partial charge in [-0.25, -0.2) is 4.39 Å². The van der Waals surface area contributed by atoms with Crippen molar-refractivity contribution < 1.29 is 27.1 Å². The SMILES string of the molecule is NC(N)=NC(=O)c1ccc2c(c1)C(c1cc(C(F)(F)F)ccc1F)=CCO2. The van der Waals surface area contributed by atoms with E-state index in [1.54, 1.807) is 0 Å². The van der Waals surface area contributed by atoms with E-state index in [0.717, 1.165) is 12.1 Å². The van der Waals surface area contributed by atoms with Crippen LogP contribution in [0.4, 0.5) is 17.6 Å². The Labute approximate surface area is 150 Å². The summed E-state index contributed by atoms with van der Waals surface area (Å²) in [6, 6.07) is 6.33. The molecule has 3 rings (SSSR count). The minimum atomic E-state index is -4.62. The van der Waals surface area contributed by atoms with Crippen LogP contribution in [0.3, 0.4) is 0 Å². The molecule has 1 aliphatic rings. The van der Waals surface area contributed by atoms with Gasteiger partial charge in [0.2, 0.25) is 0 Å². The number of aliphatic imine (C=N–C) groups is 1. The molecule has 4 N–H and O–H groups in total. The van der Waals surface area contributed by atoms with Crippen LogP contribution >= 0.6 is 0 Å². The molecule has 0 fully saturated rings. The second-order valence-electron chi connectivity index (χ2n) is 5.67. The fourth-order valence-corrected chi connectivity index (χ4v) is 2.67. The van der Waals surface area contributed by atoms with E-state index in [9.17, 15) is 22.4 Å².